The summed E-state index contributed by atoms with van der Waals surface area (Å²) in [6, 6.07) is 0. The summed E-state index contributed by atoms with van der Waals surface area (Å²) in [6.45, 7) is 0.997. The third-order valence-electron chi connectivity index (χ3n) is 2.03. The largest absolute Gasteiger partial charge is 0.404 e. The van der Waals surface area contributed by atoms with Gasteiger partial charge in [-0.25, -0.2) is 19.3 Å². The highest BCUT2D eigenvalue weighted by Gasteiger charge is 2.20. The van der Waals surface area contributed by atoms with Crippen LogP contribution < -0.4 is 10.2 Å². The van der Waals surface area contributed by atoms with Crippen LogP contribution in [0.5, 0.6) is 0 Å². The maximum Gasteiger partial charge on any atom is 0.404 e. The fraction of sp³-hybridized carbons (Fsp3) is 1.00. The Labute approximate surface area is 128 Å². The molecule has 0 aromatic carbocycles. The zero-order valence-corrected chi connectivity index (χ0v) is 15.4. The molecule has 20 heavy (non-hydrogen) atoms. The predicted octanol–water partition coefficient (Wildman–Crippen LogP) is 2.35. The molecule has 0 amide bonds. The van der Waals surface area contributed by atoms with E-state index in [4.69, 9.17) is 18.1 Å². The summed E-state index contributed by atoms with van der Waals surface area (Å²) in [5.41, 5.74) is 0. The molecule has 0 saturated carbocycles. The first-order valence-corrected chi connectivity index (χ1v) is 11.2. The highest BCUT2D eigenvalue weighted by atomic mass is 33.1. The van der Waals surface area contributed by atoms with E-state index in [2.05, 4.69) is 10.2 Å². The SMILES string of the molecule is COP(=O)(NCCSSCCNP(=O)(OC)OC)OC. The van der Waals surface area contributed by atoms with Gasteiger partial charge in [0.15, 0.2) is 0 Å². The summed E-state index contributed by atoms with van der Waals surface area (Å²) in [5.74, 6) is 1.46. The Balaban J connectivity index is 3.55. The molecule has 0 aliphatic rings. The Morgan fingerprint density at radius 1 is 0.750 bits per heavy atom. The Morgan fingerprint density at radius 3 is 1.30 bits per heavy atom. The topological polar surface area (TPSA) is 95.1 Å². The molecule has 0 aromatic heterocycles. The van der Waals surface area contributed by atoms with Crippen molar-refractivity contribution in [3.63, 3.8) is 0 Å². The molecule has 122 valence electrons. The van der Waals surface area contributed by atoms with Crippen molar-refractivity contribution in [3.8, 4) is 0 Å². The zero-order chi connectivity index (χ0) is 15.5. The fourth-order valence-electron chi connectivity index (χ4n) is 0.974. The Morgan fingerprint density at radius 2 is 1.05 bits per heavy atom. The van der Waals surface area contributed by atoms with Gasteiger partial charge in [0.1, 0.15) is 0 Å². The normalized spacial score (nSPS) is 12.8. The van der Waals surface area contributed by atoms with Crippen LogP contribution in [0.15, 0.2) is 0 Å². The van der Waals surface area contributed by atoms with E-state index in [0.29, 0.717) is 13.1 Å². The van der Waals surface area contributed by atoms with Crippen LogP contribution in [-0.4, -0.2) is 53.0 Å². The molecule has 12 heteroatoms. The van der Waals surface area contributed by atoms with Gasteiger partial charge in [-0.05, 0) is 0 Å². The molecule has 0 aromatic rings. The fourth-order valence-corrected chi connectivity index (χ4v) is 4.68. The molecule has 0 spiro atoms. The van der Waals surface area contributed by atoms with E-state index in [-0.39, 0.29) is 0 Å². The van der Waals surface area contributed by atoms with Crippen molar-refractivity contribution >= 4 is 37.1 Å². The van der Waals surface area contributed by atoms with Crippen molar-refractivity contribution in [2.24, 2.45) is 0 Å². The van der Waals surface area contributed by atoms with Crippen molar-refractivity contribution < 1.29 is 27.2 Å². The van der Waals surface area contributed by atoms with E-state index < -0.39 is 15.5 Å². The van der Waals surface area contributed by atoms with E-state index in [0.717, 1.165) is 11.5 Å². The van der Waals surface area contributed by atoms with Gasteiger partial charge in [0.2, 0.25) is 0 Å². The molecule has 0 radical (unpaired) electrons. The van der Waals surface area contributed by atoms with Crippen LogP contribution in [-0.2, 0) is 27.2 Å². The third-order valence-corrected chi connectivity index (χ3v) is 7.58. The first kappa shape index (κ1) is 20.9. The van der Waals surface area contributed by atoms with Crippen LogP contribution in [0.25, 0.3) is 0 Å². The van der Waals surface area contributed by atoms with E-state index in [1.807, 2.05) is 0 Å². The lowest BCUT2D eigenvalue weighted by atomic mass is 10.8. The van der Waals surface area contributed by atoms with Crippen molar-refractivity contribution in [1.29, 1.82) is 0 Å². The summed E-state index contributed by atoms with van der Waals surface area (Å²) in [6.07, 6.45) is 0. The van der Waals surface area contributed by atoms with Gasteiger partial charge >= 0.3 is 15.5 Å². The van der Waals surface area contributed by atoms with Gasteiger partial charge in [0, 0.05) is 53.0 Å². The molecule has 0 saturated heterocycles. The smallest absolute Gasteiger partial charge is 0.300 e. The van der Waals surface area contributed by atoms with E-state index >= 15 is 0 Å². The molecular weight excluding hydrogens is 346 g/mol. The highest BCUT2D eigenvalue weighted by molar-refractivity contribution is 8.76. The molecule has 0 heterocycles. The molecule has 2 N–H and O–H groups in total. The van der Waals surface area contributed by atoms with Gasteiger partial charge < -0.3 is 18.1 Å². The summed E-state index contributed by atoms with van der Waals surface area (Å²) in [4.78, 5) is 0. The lowest BCUT2D eigenvalue weighted by molar-refractivity contribution is 0.264. The number of hydrogen-bond donors (Lipinski definition) is 2. The first-order valence-electron chi connectivity index (χ1n) is 5.63. The predicted molar refractivity (Wildman–Crippen MR) is 84.2 cm³/mol. The van der Waals surface area contributed by atoms with Crippen LogP contribution in [0.3, 0.4) is 0 Å². The van der Waals surface area contributed by atoms with Gasteiger partial charge in [-0.2, -0.15) is 0 Å². The van der Waals surface area contributed by atoms with Gasteiger partial charge in [0.25, 0.3) is 0 Å². The van der Waals surface area contributed by atoms with Gasteiger partial charge in [-0.1, -0.05) is 21.6 Å². The molecule has 0 unspecified atom stereocenters. The first-order chi connectivity index (χ1) is 9.45. The minimum atomic E-state index is -3.13. The van der Waals surface area contributed by atoms with Gasteiger partial charge in [-0.3, -0.25) is 0 Å². The Bertz CT molecular complexity index is 301. The number of hydrogen-bond acceptors (Lipinski definition) is 8. The lowest BCUT2D eigenvalue weighted by Gasteiger charge is -2.14. The minimum Gasteiger partial charge on any atom is -0.300 e. The third kappa shape index (κ3) is 9.04. The Kier molecular flexibility index (Phi) is 12.0. The summed E-state index contributed by atoms with van der Waals surface area (Å²) in [5, 5.41) is 5.41. The van der Waals surface area contributed by atoms with Crippen LogP contribution >= 0.6 is 37.1 Å². The van der Waals surface area contributed by atoms with Crippen LogP contribution in [0.1, 0.15) is 0 Å². The molecular formula is C8H22N2O6P2S2. The second-order valence-corrected chi connectivity index (χ2v) is 9.97. The summed E-state index contributed by atoms with van der Waals surface area (Å²) >= 11 is 0. The second-order valence-electron chi connectivity index (χ2n) is 3.19. The summed E-state index contributed by atoms with van der Waals surface area (Å²) in [7, 11) is 2.24. The molecule has 0 bridgehead atoms. The van der Waals surface area contributed by atoms with E-state index in [1.165, 1.54) is 28.4 Å². The van der Waals surface area contributed by atoms with E-state index in [1.54, 1.807) is 21.6 Å². The Hall–Kier alpha value is 0.920. The number of rotatable bonds is 13. The average molecular weight is 368 g/mol. The second kappa shape index (κ2) is 11.5. The minimum absolute atomic E-state index is 0.499. The van der Waals surface area contributed by atoms with E-state index in [9.17, 15) is 9.13 Å². The van der Waals surface area contributed by atoms with Crippen molar-refractivity contribution in [2.45, 2.75) is 0 Å². The molecule has 0 rings (SSSR count). The molecule has 0 aliphatic carbocycles. The standard InChI is InChI=1S/C8H22N2O6P2S2/c1-13-17(11,14-2)9-5-7-19-20-8-6-10-18(12,15-3)16-4/h5-8H2,1-4H3,(H,9,11)(H,10,12). The van der Waals surface area contributed by atoms with Crippen LogP contribution in [0.4, 0.5) is 0 Å². The van der Waals surface area contributed by atoms with Crippen LogP contribution in [0, 0.1) is 0 Å². The molecule has 8 nitrogen and oxygen atoms in total. The van der Waals surface area contributed by atoms with Crippen molar-refractivity contribution in [2.75, 3.05) is 53.0 Å². The number of nitrogens with one attached hydrogen (secondary N) is 2. The maximum atomic E-state index is 11.6. The maximum absolute atomic E-state index is 11.6. The van der Waals surface area contributed by atoms with Crippen molar-refractivity contribution in [3.05, 3.63) is 0 Å². The van der Waals surface area contributed by atoms with Crippen LogP contribution in [0.2, 0.25) is 0 Å². The van der Waals surface area contributed by atoms with Crippen molar-refractivity contribution in [1.82, 2.24) is 10.2 Å². The highest BCUT2D eigenvalue weighted by Crippen LogP contribution is 2.42. The summed E-state index contributed by atoms with van der Waals surface area (Å²) < 4.78 is 42.2. The zero-order valence-electron chi connectivity index (χ0n) is 12.0. The quantitative estimate of drug-likeness (QED) is 0.286. The monoisotopic (exact) mass is 368 g/mol. The molecule has 0 aliphatic heterocycles. The van der Waals surface area contributed by atoms with Gasteiger partial charge in [0.05, 0.1) is 0 Å². The lowest BCUT2D eigenvalue weighted by Crippen LogP contribution is -2.16. The van der Waals surface area contributed by atoms with Gasteiger partial charge in [-0.15, -0.1) is 0 Å². The molecule has 0 fully saturated rings. The average Bonchev–Trinajstić information content (AvgIpc) is 2.49. The molecule has 0 atom stereocenters.